The number of hydrogen-bond acceptors (Lipinski definition) is 3. The second-order valence-electron chi connectivity index (χ2n) is 9.62. The van der Waals surface area contributed by atoms with Crippen LogP contribution >= 0.6 is 12.4 Å². The van der Waals surface area contributed by atoms with Crippen LogP contribution in [0.3, 0.4) is 0 Å². The Balaban J connectivity index is 0.00000240. The molecule has 0 N–H and O–H groups in total. The van der Waals surface area contributed by atoms with E-state index in [2.05, 4.69) is 71.9 Å². The van der Waals surface area contributed by atoms with E-state index in [1.165, 1.54) is 27.8 Å². The minimum atomic E-state index is -0.242. The molecule has 0 fully saturated rings. The zero-order valence-electron chi connectivity index (χ0n) is 18.6. The minimum Gasteiger partial charge on any atom is -0.493 e. The Morgan fingerprint density at radius 2 is 1.66 bits per heavy atom. The number of fused-ring (bicyclic) bond motifs is 3. The Morgan fingerprint density at radius 3 is 2.24 bits per heavy atom. The van der Waals surface area contributed by atoms with Gasteiger partial charge in [-0.25, -0.2) is 0 Å². The predicted molar refractivity (Wildman–Crippen MR) is 123 cm³/mol. The van der Waals surface area contributed by atoms with E-state index in [1.54, 1.807) is 7.11 Å². The number of ether oxygens (including phenoxy) is 2. The molecule has 2 aliphatic rings. The van der Waals surface area contributed by atoms with Crippen molar-refractivity contribution >= 4 is 18.1 Å². The van der Waals surface area contributed by atoms with Gasteiger partial charge in [0.2, 0.25) is 0 Å². The summed E-state index contributed by atoms with van der Waals surface area (Å²) in [5.74, 6) is 2.17. The molecule has 4 heteroatoms. The highest BCUT2D eigenvalue weighted by Crippen LogP contribution is 2.52. The zero-order valence-corrected chi connectivity index (χ0v) is 19.4. The van der Waals surface area contributed by atoms with Gasteiger partial charge in [-0.3, -0.25) is 4.99 Å². The summed E-state index contributed by atoms with van der Waals surface area (Å²) in [5.41, 5.74) is 7.03. The Hall–Kier alpha value is -2.00. The lowest BCUT2D eigenvalue weighted by Crippen LogP contribution is -2.32. The van der Waals surface area contributed by atoms with Crippen molar-refractivity contribution in [3.05, 3.63) is 58.1 Å². The van der Waals surface area contributed by atoms with Crippen LogP contribution < -0.4 is 9.47 Å². The number of nitrogens with zero attached hydrogens (tertiary/aromatic N) is 1. The van der Waals surface area contributed by atoms with Crippen molar-refractivity contribution in [2.75, 3.05) is 7.11 Å². The van der Waals surface area contributed by atoms with Crippen LogP contribution in [0.2, 0.25) is 0 Å². The first-order chi connectivity index (χ1) is 13.1. The average molecular weight is 414 g/mol. The van der Waals surface area contributed by atoms with Gasteiger partial charge in [0.1, 0.15) is 5.60 Å². The molecule has 0 saturated heterocycles. The quantitative estimate of drug-likeness (QED) is 0.606. The van der Waals surface area contributed by atoms with E-state index in [4.69, 9.17) is 14.5 Å². The van der Waals surface area contributed by atoms with Crippen molar-refractivity contribution in [1.29, 1.82) is 0 Å². The van der Waals surface area contributed by atoms with Gasteiger partial charge >= 0.3 is 0 Å². The molecule has 0 saturated carbocycles. The van der Waals surface area contributed by atoms with Gasteiger partial charge < -0.3 is 9.47 Å². The van der Waals surface area contributed by atoms with Crippen molar-refractivity contribution in [1.82, 2.24) is 0 Å². The van der Waals surface area contributed by atoms with E-state index in [0.717, 1.165) is 30.1 Å². The number of halogens is 1. The van der Waals surface area contributed by atoms with Crippen LogP contribution in [0.15, 0.2) is 35.3 Å². The molecule has 0 spiro atoms. The molecule has 3 nitrogen and oxygen atoms in total. The summed E-state index contributed by atoms with van der Waals surface area (Å²) in [6, 6.07) is 10.6. The third kappa shape index (κ3) is 3.66. The molecule has 0 bridgehead atoms. The molecule has 0 aliphatic carbocycles. The average Bonchev–Trinajstić information content (AvgIpc) is 2.94. The van der Waals surface area contributed by atoms with Gasteiger partial charge in [0.25, 0.3) is 0 Å². The van der Waals surface area contributed by atoms with Crippen molar-refractivity contribution in [3.8, 4) is 11.5 Å². The molecule has 29 heavy (non-hydrogen) atoms. The first-order valence-electron chi connectivity index (χ1n) is 10.2. The maximum absolute atomic E-state index is 6.43. The Kier molecular flexibility index (Phi) is 5.51. The predicted octanol–water partition coefficient (Wildman–Crippen LogP) is 6.13. The molecule has 2 heterocycles. The third-order valence-electron chi connectivity index (χ3n) is 5.72. The van der Waals surface area contributed by atoms with Crippen molar-refractivity contribution in [3.63, 3.8) is 0 Å². The fourth-order valence-corrected chi connectivity index (χ4v) is 4.76. The zero-order chi connectivity index (χ0) is 20.3. The van der Waals surface area contributed by atoms with Gasteiger partial charge in [-0.15, -0.1) is 12.4 Å². The molecule has 0 amide bonds. The van der Waals surface area contributed by atoms with E-state index < -0.39 is 0 Å². The highest BCUT2D eigenvalue weighted by Gasteiger charge is 2.42. The summed E-state index contributed by atoms with van der Waals surface area (Å²) in [6.07, 6.45) is 1.78. The van der Waals surface area contributed by atoms with Crippen LogP contribution in [0.4, 0.5) is 0 Å². The van der Waals surface area contributed by atoms with Gasteiger partial charge in [0.15, 0.2) is 11.5 Å². The molecular weight excluding hydrogens is 382 g/mol. The van der Waals surface area contributed by atoms with Crippen LogP contribution in [0.25, 0.3) is 0 Å². The van der Waals surface area contributed by atoms with Gasteiger partial charge in [0.05, 0.1) is 18.4 Å². The maximum Gasteiger partial charge on any atom is 0.166 e. The molecule has 0 unspecified atom stereocenters. The first kappa shape index (κ1) is 21.7. The fraction of sp³-hybridized carbons (Fsp3) is 0.480. The third-order valence-corrected chi connectivity index (χ3v) is 5.72. The topological polar surface area (TPSA) is 30.8 Å². The second-order valence-corrected chi connectivity index (χ2v) is 9.62. The summed E-state index contributed by atoms with van der Waals surface area (Å²) in [4.78, 5) is 5.23. The highest BCUT2D eigenvalue weighted by molar-refractivity contribution is 6.16. The van der Waals surface area contributed by atoms with Crippen LogP contribution in [0.1, 0.15) is 75.3 Å². The van der Waals surface area contributed by atoms with Crippen molar-refractivity contribution in [2.45, 2.75) is 71.4 Å². The van der Waals surface area contributed by atoms with Gasteiger partial charge in [0, 0.05) is 28.7 Å². The summed E-state index contributed by atoms with van der Waals surface area (Å²) in [5, 5.41) is 0. The molecule has 0 aromatic heterocycles. The van der Waals surface area contributed by atoms with Gasteiger partial charge in [-0.05, 0) is 45.6 Å². The fourth-order valence-electron chi connectivity index (χ4n) is 4.76. The number of benzene rings is 2. The van der Waals surface area contributed by atoms with Crippen molar-refractivity contribution in [2.24, 2.45) is 4.99 Å². The molecule has 156 valence electrons. The van der Waals surface area contributed by atoms with Crippen LogP contribution in [0.5, 0.6) is 11.5 Å². The SMILES string of the molecule is COc1c2c(c3c(c1C(C)C)CC(C)(C)N=C3c1ccccc1)CC(C)(C)O2.Cl. The van der Waals surface area contributed by atoms with Crippen LogP contribution in [-0.4, -0.2) is 24.0 Å². The Morgan fingerprint density at radius 1 is 1.00 bits per heavy atom. The monoisotopic (exact) mass is 413 g/mol. The summed E-state index contributed by atoms with van der Waals surface area (Å²) >= 11 is 0. The lowest BCUT2D eigenvalue weighted by atomic mass is 9.76. The number of hydrogen-bond donors (Lipinski definition) is 0. The highest BCUT2D eigenvalue weighted by atomic mass is 35.5. The maximum atomic E-state index is 6.43. The molecule has 2 aromatic carbocycles. The largest absolute Gasteiger partial charge is 0.493 e. The van der Waals surface area contributed by atoms with E-state index in [9.17, 15) is 0 Å². The van der Waals surface area contributed by atoms with E-state index >= 15 is 0 Å². The van der Waals surface area contributed by atoms with Crippen molar-refractivity contribution < 1.29 is 9.47 Å². The normalized spacial score (nSPS) is 18.3. The molecule has 2 aromatic rings. The van der Waals surface area contributed by atoms with E-state index in [1.807, 2.05) is 0 Å². The number of aliphatic imine (C=N–C) groups is 1. The second kappa shape index (κ2) is 7.36. The number of methoxy groups -OCH3 is 1. The molecule has 0 radical (unpaired) electrons. The van der Waals surface area contributed by atoms with Gasteiger partial charge in [-0.2, -0.15) is 0 Å². The smallest absolute Gasteiger partial charge is 0.166 e. The summed E-state index contributed by atoms with van der Waals surface area (Å²) in [7, 11) is 1.77. The standard InChI is InChI=1S/C25H31NO2.ClH/c1-15(2)19-17-13-24(3,4)26-21(16-11-9-8-10-12-16)20(17)18-14-25(5,6)28-22(18)23(19)27-7;/h8-12,15H,13-14H2,1-7H3;1H. The molecule has 2 aliphatic heterocycles. The minimum absolute atomic E-state index is 0. The summed E-state index contributed by atoms with van der Waals surface area (Å²) < 4.78 is 12.4. The van der Waals surface area contributed by atoms with E-state index in [-0.39, 0.29) is 23.5 Å². The Bertz CT molecular complexity index is 959. The molecule has 4 rings (SSSR count). The van der Waals surface area contributed by atoms with Crippen LogP contribution in [-0.2, 0) is 12.8 Å². The number of rotatable bonds is 3. The summed E-state index contributed by atoms with van der Waals surface area (Å²) in [6.45, 7) is 13.2. The lowest BCUT2D eigenvalue weighted by molar-refractivity contribution is 0.133. The molecule has 0 atom stereocenters. The Labute approximate surface area is 180 Å². The first-order valence-corrected chi connectivity index (χ1v) is 10.2. The van der Waals surface area contributed by atoms with Gasteiger partial charge in [-0.1, -0.05) is 44.2 Å². The van der Waals surface area contributed by atoms with E-state index in [0.29, 0.717) is 5.92 Å². The van der Waals surface area contributed by atoms with Crippen LogP contribution in [0, 0.1) is 0 Å². The molecular formula is C25H32ClNO2. The lowest BCUT2D eigenvalue weighted by Gasteiger charge is -2.34.